The highest BCUT2D eigenvalue weighted by Crippen LogP contribution is 2.42. The number of halogens is 1. The summed E-state index contributed by atoms with van der Waals surface area (Å²) in [6.45, 7) is 1.37. The number of hydrogen-bond acceptors (Lipinski definition) is 6. The molecule has 1 aliphatic heterocycles. The highest BCUT2D eigenvalue weighted by Gasteiger charge is 2.45. The van der Waals surface area contributed by atoms with Gasteiger partial charge in [-0.1, -0.05) is 42.6 Å². The normalized spacial score (nSPS) is 22.6. The fourth-order valence-electron chi connectivity index (χ4n) is 6.28. The molecule has 2 fully saturated rings. The number of anilines is 1. The minimum absolute atomic E-state index is 0.0353. The van der Waals surface area contributed by atoms with Crippen LogP contribution in [0.4, 0.5) is 5.69 Å². The van der Waals surface area contributed by atoms with E-state index in [-0.39, 0.29) is 17.0 Å². The molecule has 1 saturated carbocycles. The van der Waals surface area contributed by atoms with Crippen LogP contribution in [0.3, 0.4) is 0 Å². The molecule has 214 valence electrons. The zero-order valence-corrected chi connectivity index (χ0v) is 24.6. The zero-order chi connectivity index (χ0) is 28.3. The van der Waals surface area contributed by atoms with Crippen molar-refractivity contribution in [2.24, 2.45) is 0 Å². The molecule has 5 rings (SSSR count). The standard InChI is InChI=1S/C31H37ClN2O5S/c1-38-27-13-15-29(16-14-27)40(36,37)34(26-6-5-7-28(22-26)39-2)25-17-20-33(21-18-25)30-8-3-4-19-31(30,35)23-9-11-24(32)12-10-23/h5-7,9-16,22,25,30,35H,3-4,8,17-21H2,1-2H3/t30-,31+/m1/s1. The third-order valence-electron chi connectivity index (χ3n) is 8.38. The van der Waals surface area contributed by atoms with Crippen molar-refractivity contribution in [3.63, 3.8) is 0 Å². The van der Waals surface area contributed by atoms with Crippen molar-refractivity contribution in [2.75, 3.05) is 31.6 Å². The third-order valence-corrected chi connectivity index (χ3v) is 10.5. The molecular weight excluding hydrogens is 548 g/mol. The first kappa shape index (κ1) is 28.7. The highest BCUT2D eigenvalue weighted by atomic mass is 35.5. The van der Waals surface area contributed by atoms with E-state index in [4.69, 9.17) is 21.1 Å². The van der Waals surface area contributed by atoms with Gasteiger partial charge in [-0.25, -0.2) is 8.42 Å². The van der Waals surface area contributed by atoms with E-state index < -0.39 is 15.6 Å². The van der Waals surface area contributed by atoms with Gasteiger partial charge in [-0.15, -0.1) is 0 Å². The highest BCUT2D eigenvalue weighted by molar-refractivity contribution is 7.92. The average Bonchev–Trinajstić information content (AvgIpc) is 2.98. The van der Waals surface area contributed by atoms with Crippen LogP contribution in [-0.2, 0) is 15.6 Å². The number of hydrogen-bond donors (Lipinski definition) is 1. The molecule has 0 unspecified atom stereocenters. The molecule has 3 aromatic rings. The first-order valence-electron chi connectivity index (χ1n) is 13.8. The summed E-state index contributed by atoms with van der Waals surface area (Å²) in [6, 6.07) is 21.0. The number of benzene rings is 3. The van der Waals surface area contributed by atoms with Crippen LogP contribution < -0.4 is 13.8 Å². The maximum atomic E-state index is 14.1. The number of ether oxygens (including phenoxy) is 2. The van der Waals surface area contributed by atoms with E-state index in [1.165, 1.54) is 0 Å². The number of sulfonamides is 1. The van der Waals surface area contributed by atoms with Crippen molar-refractivity contribution in [1.29, 1.82) is 0 Å². The maximum absolute atomic E-state index is 14.1. The van der Waals surface area contributed by atoms with Gasteiger partial charge in [0.1, 0.15) is 17.1 Å². The number of aliphatic hydroxyl groups is 1. The lowest BCUT2D eigenvalue weighted by Crippen LogP contribution is -2.57. The number of rotatable bonds is 8. The Balaban J connectivity index is 1.42. The summed E-state index contributed by atoms with van der Waals surface area (Å²) in [6.07, 6.45) is 4.90. The summed E-state index contributed by atoms with van der Waals surface area (Å²) in [4.78, 5) is 2.57. The molecule has 0 amide bonds. The summed E-state index contributed by atoms with van der Waals surface area (Å²) in [5.74, 6) is 1.20. The zero-order valence-electron chi connectivity index (χ0n) is 23.0. The topological polar surface area (TPSA) is 79.3 Å². The Labute approximate surface area is 242 Å². The summed E-state index contributed by atoms with van der Waals surface area (Å²) < 4.78 is 40.4. The van der Waals surface area contributed by atoms with E-state index in [1.807, 2.05) is 42.5 Å². The van der Waals surface area contributed by atoms with Gasteiger partial charge in [-0.05, 0) is 79.8 Å². The van der Waals surface area contributed by atoms with E-state index in [0.29, 0.717) is 54.6 Å². The van der Waals surface area contributed by atoms with Crippen LogP contribution in [0.2, 0.25) is 5.02 Å². The maximum Gasteiger partial charge on any atom is 0.264 e. The molecule has 7 nitrogen and oxygen atoms in total. The Kier molecular flexibility index (Phi) is 8.61. The molecule has 1 aliphatic carbocycles. The number of methoxy groups -OCH3 is 2. The van der Waals surface area contributed by atoms with Crippen molar-refractivity contribution in [3.05, 3.63) is 83.4 Å². The smallest absolute Gasteiger partial charge is 0.264 e. The van der Waals surface area contributed by atoms with Crippen LogP contribution in [0.25, 0.3) is 0 Å². The predicted octanol–water partition coefficient (Wildman–Crippen LogP) is 5.85. The van der Waals surface area contributed by atoms with Crippen LogP contribution in [0, 0.1) is 0 Å². The lowest BCUT2D eigenvalue weighted by molar-refractivity contribution is -0.0849. The molecule has 1 saturated heterocycles. The number of likely N-dealkylation sites (tertiary alicyclic amines) is 1. The molecule has 0 spiro atoms. The van der Waals surface area contributed by atoms with Gasteiger partial charge >= 0.3 is 0 Å². The largest absolute Gasteiger partial charge is 0.497 e. The molecule has 40 heavy (non-hydrogen) atoms. The fourth-order valence-corrected chi connectivity index (χ4v) is 8.11. The second-order valence-electron chi connectivity index (χ2n) is 10.6. The summed E-state index contributed by atoms with van der Waals surface area (Å²) >= 11 is 6.13. The van der Waals surface area contributed by atoms with Gasteiger partial charge in [-0.2, -0.15) is 0 Å². The van der Waals surface area contributed by atoms with E-state index in [1.54, 1.807) is 48.9 Å². The lowest BCUT2D eigenvalue weighted by atomic mass is 9.74. The van der Waals surface area contributed by atoms with Crippen LogP contribution in [0.1, 0.15) is 44.1 Å². The van der Waals surface area contributed by atoms with Crippen molar-refractivity contribution in [1.82, 2.24) is 4.90 Å². The van der Waals surface area contributed by atoms with Crippen molar-refractivity contribution >= 4 is 27.3 Å². The van der Waals surface area contributed by atoms with Gasteiger partial charge in [0.15, 0.2) is 0 Å². The molecular formula is C31H37ClN2O5S. The molecule has 0 aromatic heterocycles. The molecule has 0 radical (unpaired) electrons. The Morgan fingerprint density at radius 1 is 0.900 bits per heavy atom. The van der Waals surface area contributed by atoms with E-state index >= 15 is 0 Å². The second kappa shape index (κ2) is 12.0. The molecule has 1 N–H and O–H groups in total. The minimum atomic E-state index is -3.87. The SMILES string of the molecule is COc1ccc(S(=O)(=O)N(c2cccc(OC)c2)C2CCN([C@@H]3CCCC[C@]3(O)c3ccc(Cl)cc3)CC2)cc1. The van der Waals surface area contributed by atoms with Crippen LogP contribution in [-0.4, -0.2) is 57.8 Å². The molecule has 3 aromatic carbocycles. The number of piperidine rings is 1. The lowest BCUT2D eigenvalue weighted by Gasteiger charge is -2.49. The van der Waals surface area contributed by atoms with Gasteiger partial charge < -0.3 is 14.6 Å². The Bertz CT molecular complexity index is 1390. The van der Waals surface area contributed by atoms with Crippen molar-refractivity contribution in [3.8, 4) is 11.5 Å². The van der Waals surface area contributed by atoms with Crippen molar-refractivity contribution < 1.29 is 23.0 Å². The third kappa shape index (κ3) is 5.68. The Hall–Kier alpha value is -2.78. The van der Waals surface area contributed by atoms with Gasteiger partial charge in [0.25, 0.3) is 10.0 Å². The van der Waals surface area contributed by atoms with E-state index in [9.17, 15) is 13.5 Å². The molecule has 2 atom stereocenters. The van der Waals surface area contributed by atoms with Gasteiger partial charge in [0.05, 0.1) is 24.8 Å². The van der Waals surface area contributed by atoms with Crippen LogP contribution >= 0.6 is 11.6 Å². The Morgan fingerprint density at radius 3 is 2.23 bits per heavy atom. The molecule has 2 aliphatic rings. The summed E-state index contributed by atoms with van der Waals surface area (Å²) in [7, 11) is -0.743. The molecule has 9 heteroatoms. The predicted molar refractivity (Wildman–Crippen MR) is 158 cm³/mol. The van der Waals surface area contributed by atoms with E-state index in [0.717, 1.165) is 24.8 Å². The second-order valence-corrected chi connectivity index (χ2v) is 12.9. The van der Waals surface area contributed by atoms with Crippen molar-refractivity contribution in [2.45, 2.75) is 61.1 Å². The van der Waals surface area contributed by atoms with Gasteiger partial charge in [-0.3, -0.25) is 9.21 Å². The van der Waals surface area contributed by atoms with Crippen LogP contribution in [0.5, 0.6) is 11.5 Å². The van der Waals surface area contributed by atoms with E-state index in [2.05, 4.69) is 4.90 Å². The first-order valence-corrected chi connectivity index (χ1v) is 15.6. The first-order chi connectivity index (χ1) is 19.3. The number of nitrogens with zero attached hydrogens (tertiary/aromatic N) is 2. The van der Waals surface area contributed by atoms with Crippen LogP contribution in [0.15, 0.2) is 77.7 Å². The summed E-state index contributed by atoms with van der Waals surface area (Å²) in [5, 5.41) is 12.6. The molecule has 0 bridgehead atoms. The monoisotopic (exact) mass is 584 g/mol. The Morgan fingerprint density at radius 2 is 1.57 bits per heavy atom. The quantitative estimate of drug-likeness (QED) is 0.358. The molecule has 1 heterocycles. The fraction of sp³-hybridized carbons (Fsp3) is 0.419. The summed E-state index contributed by atoms with van der Waals surface area (Å²) in [5.41, 5.74) is 0.505. The van der Waals surface area contributed by atoms with Gasteiger partial charge in [0.2, 0.25) is 0 Å². The minimum Gasteiger partial charge on any atom is -0.497 e. The van der Waals surface area contributed by atoms with Gasteiger partial charge in [0, 0.05) is 36.3 Å². The average molecular weight is 585 g/mol.